The summed E-state index contributed by atoms with van der Waals surface area (Å²) in [5.41, 5.74) is 0.767. The van der Waals surface area contributed by atoms with Crippen LogP contribution >= 0.6 is 0 Å². The first-order valence-corrected chi connectivity index (χ1v) is 24.1. The summed E-state index contributed by atoms with van der Waals surface area (Å²) in [5.74, 6) is 0.452. The highest BCUT2D eigenvalue weighted by atomic mass is 28.4. The lowest BCUT2D eigenvalue weighted by molar-refractivity contribution is -0.169. The van der Waals surface area contributed by atoms with Crippen LogP contribution in [-0.4, -0.2) is 53.0 Å². The molecule has 46 heavy (non-hydrogen) atoms. The molecule has 0 spiro atoms. The second-order valence-electron chi connectivity index (χ2n) is 17.6. The van der Waals surface area contributed by atoms with E-state index in [9.17, 15) is 9.59 Å². The van der Waals surface area contributed by atoms with Gasteiger partial charge in [0.1, 0.15) is 12.2 Å². The van der Waals surface area contributed by atoms with E-state index in [0.29, 0.717) is 18.8 Å². The van der Waals surface area contributed by atoms with Gasteiger partial charge in [-0.15, -0.1) is 0 Å². The van der Waals surface area contributed by atoms with E-state index in [-0.39, 0.29) is 58.3 Å². The zero-order valence-corrected chi connectivity index (χ0v) is 33.9. The minimum Gasteiger partial charge on any atom is -0.462 e. The van der Waals surface area contributed by atoms with Crippen LogP contribution in [0.1, 0.15) is 121 Å². The molecule has 1 saturated heterocycles. The number of hydrogen-bond acceptors (Lipinski definition) is 6. The van der Waals surface area contributed by atoms with Crippen LogP contribution in [0.15, 0.2) is 23.8 Å². The van der Waals surface area contributed by atoms with Gasteiger partial charge in [0.15, 0.2) is 16.6 Å². The molecule has 1 heterocycles. The van der Waals surface area contributed by atoms with E-state index in [1.54, 1.807) is 0 Å². The van der Waals surface area contributed by atoms with E-state index in [1.807, 2.05) is 0 Å². The van der Waals surface area contributed by atoms with Gasteiger partial charge in [0.25, 0.3) is 0 Å². The molecule has 0 aromatic rings. The second kappa shape index (κ2) is 14.7. The molecule has 0 bridgehead atoms. The van der Waals surface area contributed by atoms with Gasteiger partial charge in [-0.25, -0.2) is 0 Å². The molecule has 0 radical (unpaired) electrons. The van der Waals surface area contributed by atoms with E-state index in [1.165, 1.54) is 5.57 Å². The van der Waals surface area contributed by atoms with Gasteiger partial charge >= 0.3 is 11.9 Å². The zero-order chi connectivity index (χ0) is 34.9. The molecule has 0 aromatic carbocycles. The molecule has 2 aliphatic carbocycles. The normalized spacial score (nSPS) is 29.6. The SMILES string of the molecule is CCC(CC)(CC)C(=O)O[C@H]1C[C@H](O[Si](C)(C)C(C)(C)C)C=C2C=C[C@H](C)[C@H](CC[C@@H]3C[C@@H](O[Si](C)(C)C(C)(C)C)CC(=O)O3)[C@H]21. The van der Waals surface area contributed by atoms with Crippen LogP contribution in [0, 0.1) is 23.2 Å². The predicted molar refractivity (Wildman–Crippen MR) is 194 cm³/mol. The minimum absolute atomic E-state index is 0.0647. The third-order valence-electron chi connectivity index (χ3n) is 12.6. The maximum atomic E-state index is 13.9. The zero-order valence-electron chi connectivity index (χ0n) is 31.9. The summed E-state index contributed by atoms with van der Waals surface area (Å²) in [7, 11) is -4.06. The molecule has 1 aliphatic heterocycles. The van der Waals surface area contributed by atoms with Crippen LogP contribution in [0.3, 0.4) is 0 Å². The molecule has 3 aliphatic rings. The fourth-order valence-corrected chi connectivity index (χ4v) is 9.78. The van der Waals surface area contributed by atoms with Gasteiger partial charge in [0.2, 0.25) is 0 Å². The van der Waals surface area contributed by atoms with E-state index >= 15 is 0 Å². The molecule has 6 nitrogen and oxygen atoms in total. The first-order valence-electron chi connectivity index (χ1n) is 18.3. The van der Waals surface area contributed by atoms with Crippen LogP contribution in [0.5, 0.6) is 0 Å². The quantitative estimate of drug-likeness (QED) is 0.151. The Morgan fingerprint density at radius 1 is 0.891 bits per heavy atom. The van der Waals surface area contributed by atoms with Gasteiger partial charge in [-0.2, -0.15) is 0 Å². The van der Waals surface area contributed by atoms with Crippen LogP contribution in [0.25, 0.3) is 0 Å². The summed E-state index contributed by atoms with van der Waals surface area (Å²) in [4.78, 5) is 26.7. The first-order chi connectivity index (χ1) is 21.1. The highest BCUT2D eigenvalue weighted by molar-refractivity contribution is 6.74. The molecular weight excluding hydrogens is 609 g/mol. The molecule has 0 unspecified atom stereocenters. The van der Waals surface area contributed by atoms with Crippen molar-refractivity contribution >= 4 is 28.6 Å². The third kappa shape index (κ3) is 8.86. The number of fused-ring (bicyclic) bond motifs is 1. The van der Waals surface area contributed by atoms with E-state index in [2.05, 4.69) is 114 Å². The van der Waals surface area contributed by atoms with Gasteiger partial charge in [0, 0.05) is 18.8 Å². The summed E-state index contributed by atoms with van der Waals surface area (Å²) in [6.07, 6.45) is 12.0. The smallest absolute Gasteiger partial charge is 0.312 e. The Balaban J connectivity index is 1.88. The highest BCUT2D eigenvalue weighted by Gasteiger charge is 2.48. The molecule has 8 heteroatoms. The van der Waals surface area contributed by atoms with Gasteiger partial charge in [-0.1, -0.05) is 87.5 Å². The summed E-state index contributed by atoms with van der Waals surface area (Å²) in [5, 5.41) is 0.167. The van der Waals surface area contributed by atoms with Crippen LogP contribution in [0.2, 0.25) is 36.3 Å². The second-order valence-corrected chi connectivity index (χ2v) is 27.2. The fourth-order valence-electron chi connectivity index (χ4n) is 7.14. The van der Waals surface area contributed by atoms with Gasteiger partial charge in [-0.3, -0.25) is 9.59 Å². The highest BCUT2D eigenvalue weighted by Crippen LogP contribution is 2.47. The van der Waals surface area contributed by atoms with Crippen molar-refractivity contribution in [2.45, 2.75) is 181 Å². The summed E-state index contributed by atoms with van der Waals surface area (Å²) in [6.45, 7) is 31.2. The van der Waals surface area contributed by atoms with Crippen molar-refractivity contribution in [2.75, 3.05) is 0 Å². The minimum atomic E-state index is -2.05. The van der Waals surface area contributed by atoms with Gasteiger partial charge < -0.3 is 18.3 Å². The Kier molecular flexibility index (Phi) is 12.5. The van der Waals surface area contributed by atoms with Crippen molar-refractivity contribution in [1.29, 1.82) is 0 Å². The number of carbonyl (C=O) groups is 2. The molecule has 7 atom stereocenters. The Morgan fingerprint density at radius 3 is 2.00 bits per heavy atom. The average molecular weight is 677 g/mol. The predicted octanol–water partition coefficient (Wildman–Crippen LogP) is 10.1. The molecule has 264 valence electrons. The monoisotopic (exact) mass is 676 g/mol. The fraction of sp³-hybridized carbons (Fsp3) is 0.842. The maximum absolute atomic E-state index is 13.9. The summed E-state index contributed by atoms with van der Waals surface area (Å²) in [6, 6.07) is 0. The molecule has 3 rings (SSSR count). The Hall–Kier alpha value is -1.23. The van der Waals surface area contributed by atoms with Crippen molar-refractivity contribution in [3.63, 3.8) is 0 Å². The third-order valence-corrected chi connectivity index (χ3v) is 21.7. The Bertz CT molecular complexity index is 1110. The van der Waals surface area contributed by atoms with Gasteiger partial charge in [-0.05, 0) is 85.8 Å². The lowest BCUT2D eigenvalue weighted by Gasteiger charge is -2.47. The molecule has 1 fully saturated rings. The topological polar surface area (TPSA) is 71.1 Å². The molecule has 0 saturated carbocycles. The molecule has 0 aromatic heterocycles. The maximum Gasteiger partial charge on any atom is 0.312 e. The molecular formula is C38H68O6Si2. The Labute approximate surface area is 284 Å². The number of rotatable bonds is 12. The van der Waals surface area contributed by atoms with Crippen molar-refractivity contribution < 1.29 is 27.9 Å². The lowest BCUT2D eigenvalue weighted by Crippen LogP contribution is -2.49. The number of ether oxygens (including phenoxy) is 2. The average Bonchev–Trinajstić information content (AvgIpc) is 2.92. The first kappa shape index (κ1) is 39.2. The van der Waals surface area contributed by atoms with E-state index in [4.69, 9.17) is 18.3 Å². The van der Waals surface area contributed by atoms with E-state index in [0.717, 1.165) is 38.5 Å². The van der Waals surface area contributed by atoms with Gasteiger partial charge in [0.05, 0.1) is 24.0 Å². The van der Waals surface area contributed by atoms with Crippen molar-refractivity contribution in [2.24, 2.45) is 23.2 Å². The van der Waals surface area contributed by atoms with Crippen molar-refractivity contribution in [3.8, 4) is 0 Å². The Morgan fingerprint density at radius 2 is 1.46 bits per heavy atom. The van der Waals surface area contributed by atoms with Crippen molar-refractivity contribution in [3.05, 3.63) is 23.8 Å². The number of esters is 2. The largest absolute Gasteiger partial charge is 0.462 e. The number of carbonyl (C=O) groups excluding carboxylic acids is 2. The molecule has 0 amide bonds. The number of allylic oxidation sites excluding steroid dienone is 2. The number of hydrogen-bond donors (Lipinski definition) is 0. The van der Waals surface area contributed by atoms with Crippen LogP contribution in [-0.2, 0) is 27.9 Å². The molecule has 0 N–H and O–H groups in total. The standard InChI is InChI=1S/C38H68O6Si2/c1-15-38(16-2,17-3)35(40)42-32-24-29(43-45(11,12)36(5,6)7)22-27-19-18-26(4)31(34(27)32)21-20-28-23-30(25-33(39)41-28)44-46(13,14)37(8,9)10/h18-19,22,26,28-32,34H,15-17,20-21,23-25H2,1-14H3/t26-,28+,29+,30+,31-,32-,34-/m0/s1. The van der Waals surface area contributed by atoms with Crippen LogP contribution < -0.4 is 0 Å². The summed E-state index contributed by atoms with van der Waals surface area (Å²) < 4.78 is 26.2. The van der Waals surface area contributed by atoms with Crippen LogP contribution in [0.4, 0.5) is 0 Å². The van der Waals surface area contributed by atoms with E-state index < -0.39 is 22.0 Å². The lowest BCUT2D eigenvalue weighted by atomic mass is 9.66. The number of cyclic esters (lactones) is 1. The summed E-state index contributed by atoms with van der Waals surface area (Å²) >= 11 is 0. The van der Waals surface area contributed by atoms with Crippen molar-refractivity contribution in [1.82, 2.24) is 0 Å².